The number of aryl methyl sites for hydroxylation is 1. The molecule has 7 heteroatoms. The molecule has 2 aromatic heterocycles. The number of aliphatic hydroxyl groups is 1. The maximum Gasteiger partial charge on any atom is 0.276 e. The Labute approximate surface area is 141 Å². The number of aromatic amines is 1. The quantitative estimate of drug-likeness (QED) is 0.778. The maximum atomic E-state index is 12.4. The van der Waals surface area contributed by atoms with Gasteiger partial charge in [-0.05, 0) is 43.4 Å². The smallest absolute Gasteiger partial charge is 0.276 e. The Hall–Kier alpha value is -2.41. The van der Waals surface area contributed by atoms with Gasteiger partial charge >= 0.3 is 0 Å². The Bertz CT molecular complexity index is 692. The molecular weight excluding hydrogens is 306 g/mol. The third kappa shape index (κ3) is 3.56. The number of carbonyl (C=O) groups excluding carboxylic acids is 1. The van der Waals surface area contributed by atoms with Crippen LogP contribution in [0, 0.1) is 5.92 Å². The minimum Gasteiger partial charge on any atom is -0.396 e. The molecule has 7 nitrogen and oxygen atoms in total. The van der Waals surface area contributed by atoms with Crippen LogP contribution in [0.5, 0.6) is 0 Å². The summed E-state index contributed by atoms with van der Waals surface area (Å²) in [5, 5.41) is 19.1. The fraction of sp³-hybridized carbons (Fsp3) is 0.471. The lowest BCUT2D eigenvalue weighted by Crippen LogP contribution is -2.35. The van der Waals surface area contributed by atoms with Gasteiger partial charge in [0.25, 0.3) is 5.91 Å². The number of amides is 1. The van der Waals surface area contributed by atoms with Crippen molar-refractivity contribution in [3.8, 4) is 0 Å². The molecule has 0 spiro atoms. The van der Waals surface area contributed by atoms with Gasteiger partial charge in [-0.1, -0.05) is 6.92 Å². The summed E-state index contributed by atoms with van der Waals surface area (Å²) in [5.74, 6) is 0.887. The van der Waals surface area contributed by atoms with E-state index in [0.717, 1.165) is 43.9 Å². The molecule has 128 valence electrons. The summed E-state index contributed by atoms with van der Waals surface area (Å²) in [4.78, 5) is 19.0. The van der Waals surface area contributed by atoms with Crippen molar-refractivity contribution >= 4 is 17.4 Å². The molecule has 1 aliphatic heterocycles. The number of H-pyrrole nitrogens is 1. The molecule has 24 heavy (non-hydrogen) atoms. The summed E-state index contributed by atoms with van der Waals surface area (Å²) in [6, 6.07) is 5.42. The van der Waals surface area contributed by atoms with Crippen molar-refractivity contribution in [1.29, 1.82) is 0 Å². The topological polar surface area (TPSA) is 94.1 Å². The van der Waals surface area contributed by atoms with Crippen LogP contribution >= 0.6 is 0 Å². The van der Waals surface area contributed by atoms with Gasteiger partial charge in [-0.2, -0.15) is 5.10 Å². The van der Waals surface area contributed by atoms with Crippen molar-refractivity contribution in [3.63, 3.8) is 0 Å². The van der Waals surface area contributed by atoms with Crippen molar-refractivity contribution in [2.24, 2.45) is 5.92 Å². The lowest BCUT2D eigenvalue weighted by atomic mass is 9.98. The van der Waals surface area contributed by atoms with Gasteiger partial charge in [-0.15, -0.1) is 0 Å². The van der Waals surface area contributed by atoms with Gasteiger partial charge in [0.1, 0.15) is 0 Å². The minimum atomic E-state index is -0.245. The zero-order chi connectivity index (χ0) is 16.9. The predicted molar refractivity (Wildman–Crippen MR) is 92.2 cm³/mol. The highest BCUT2D eigenvalue weighted by Crippen LogP contribution is 2.27. The summed E-state index contributed by atoms with van der Waals surface area (Å²) in [7, 11) is 0. The standard InChI is InChI=1S/C17H23N5O2/c1-2-13-10-15(21-20-13)17(24)19-14-4-3-7-18-16(14)22-8-5-12(11-23)6-9-22/h3-4,7,10,12,23H,2,5-6,8-9,11H2,1H3,(H,19,24)(H,20,21). The van der Waals surface area contributed by atoms with Gasteiger partial charge in [-0.25, -0.2) is 4.98 Å². The van der Waals surface area contributed by atoms with E-state index in [2.05, 4.69) is 25.4 Å². The first-order chi connectivity index (χ1) is 11.7. The van der Waals surface area contributed by atoms with Crippen molar-refractivity contribution in [1.82, 2.24) is 15.2 Å². The minimum absolute atomic E-state index is 0.235. The van der Waals surface area contributed by atoms with Gasteiger partial charge in [-0.3, -0.25) is 9.89 Å². The van der Waals surface area contributed by atoms with Gasteiger partial charge in [0, 0.05) is 31.6 Å². The van der Waals surface area contributed by atoms with Crippen LogP contribution in [-0.4, -0.2) is 45.9 Å². The predicted octanol–water partition coefficient (Wildman–Crippen LogP) is 1.83. The third-order valence-electron chi connectivity index (χ3n) is 4.45. The average Bonchev–Trinajstić information content (AvgIpc) is 3.12. The number of aromatic nitrogens is 3. The molecule has 2 aromatic rings. The van der Waals surface area contributed by atoms with Crippen LogP contribution < -0.4 is 10.2 Å². The Morgan fingerprint density at radius 1 is 1.46 bits per heavy atom. The molecule has 3 rings (SSSR count). The molecule has 0 aliphatic carbocycles. The lowest BCUT2D eigenvalue weighted by molar-refractivity contribution is 0.102. The van der Waals surface area contributed by atoms with Crippen LogP contribution in [0.25, 0.3) is 0 Å². The average molecular weight is 329 g/mol. The zero-order valence-electron chi connectivity index (χ0n) is 13.8. The second-order valence-corrected chi connectivity index (χ2v) is 6.07. The van der Waals surface area contributed by atoms with Crippen LogP contribution in [0.2, 0.25) is 0 Å². The summed E-state index contributed by atoms with van der Waals surface area (Å²) in [6.45, 7) is 3.89. The van der Waals surface area contributed by atoms with E-state index in [1.807, 2.05) is 19.1 Å². The number of hydrogen-bond acceptors (Lipinski definition) is 5. The molecule has 3 heterocycles. The van der Waals surface area contributed by atoms with E-state index in [1.54, 1.807) is 12.3 Å². The largest absolute Gasteiger partial charge is 0.396 e. The Morgan fingerprint density at radius 3 is 2.92 bits per heavy atom. The summed E-state index contributed by atoms with van der Waals surface area (Å²) >= 11 is 0. The molecule has 0 saturated carbocycles. The number of aliphatic hydroxyl groups excluding tert-OH is 1. The number of pyridine rings is 1. The van der Waals surface area contributed by atoms with E-state index in [-0.39, 0.29) is 12.5 Å². The summed E-state index contributed by atoms with van der Waals surface area (Å²) in [6.07, 6.45) is 4.39. The summed E-state index contributed by atoms with van der Waals surface area (Å²) in [5.41, 5.74) is 1.99. The molecule has 0 unspecified atom stereocenters. The number of piperidine rings is 1. The number of nitrogens with zero attached hydrogens (tertiary/aromatic N) is 3. The van der Waals surface area contributed by atoms with Crippen molar-refractivity contribution in [2.45, 2.75) is 26.2 Å². The lowest BCUT2D eigenvalue weighted by Gasteiger charge is -2.33. The van der Waals surface area contributed by atoms with Crippen LogP contribution in [-0.2, 0) is 6.42 Å². The van der Waals surface area contributed by atoms with Crippen molar-refractivity contribution in [3.05, 3.63) is 35.8 Å². The Balaban J connectivity index is 1.73. The number of hydrogen-bond donors (Lipinski definition) is 3. The van der Waals surface area contributed by atoms with E-state index < -0.39 is 0 Å². The zero-order valence-corrected chi connectivity index (χ0v) is 13.8. The fourth-order valence-corrected chi connectivity index (χ4v) is 2.92. The first kappa shape index (κ1) is 16.4. The first-order valence-corrected chi connectivity index (χ1v) is 8.37. The molecule has 0 atom stereocenters. The second-order valence-electron chi connectivity index (χ2n) is 6.07. The van der Waals surface area contributed by atoms with E-state index >= 15 is 0 Å². The Kier molecular flexibility index (Phi) is 5.10. The number of carbonyl (C=O) groups is 1. The summed E-state index contributed by atoms with van der Waals surface area (Å²) < 4.78 is 0. The molecular formula is C17H23N5O2. The van der Waals surface area contributed by atoms with Gasteiger partial charge in [0.05, 0.1) is 5.69 Å². The van der Waals surface area contributed by atoms with Gasteiger partial charge < -0.3 is 15.3 Å². The fourth-order valence-electron chi connectivity index (χ4n) is 2.92. The van der Waals surface area contributed by atoms with Crippen molar-refractivity contribution in [2.75, 3.05) is 29.9 Å². The SMILES string of the molecule is CCc1cc(C(=O)Nc2cccnc2N2CCC(CO)CC2)n[nH]1. The molecule has 1 aliphatic rings. The van der Waals surface area contributed by atoms with Crippen LogP contribution in [0.1, 0.15) is 35.9 Å². The molecule has 3 N–H and O–H groups in total. The molecule has 1 fully saturated rings. The second kappa shape index (κ2) is 7.44. The number of rotatable bonds is 5. The molecule has 0 bridgehead atoms. The van der Waals surface area contributed by atoms with Crippen LogP contribution in [0.15, 0.2) is 24.4 Å². The first-order valence-electron chi connectivity index (χ1n) is 8.37. The highest BCUT2D eigenvalue weighted by Gasteiger charge is 2.22. The highest BCUT2D eigenvalue weighted by atomic mass is 16.3. The van der Waals surface area contributed by atoms with Crippen LogP contribution in [0.3, 0.4) is 0 Å². The molecule has 0 aromatic carbocycles. The molecule has 0 radical (unpaired) electrons. The monoisotopic (exact) mass is 329 g/mol. The van der Waals surface area contributed by atoms with E-state index in [9.17, 15) is 9.90 Å². The number of nitrogens with one attached hydrogen (secondary N) is 2. The third-order valence-corrected chi connectivity index (χ3v) is 4.45. The Morgan fingerprint density at radius 2 is 2.25 bits per heavy atom. The van der Waals surface area contributed by atoms with Crippen LogP contribution in [0.4, 0.5) is 11.5 Å². The maximum absolute atomic E-state index is 12.4. The van der Waals surface area contributed by atoms with Gasteiger partial charge in [0.15, 0.2) is 11.5 Å². The van der Waals surface area contributed by atoms with E-state index in [0.29, 0.717) is 17.3 Å². The molecule has 1 saturated heterocycles. The highest BCUT2D eigenvalue weighted by molar-refractivity contribution is 6.04. The van der Waals surface area contributed by atoms with Gasteiger partial charge in [0.2, 0.25) is 0 Å². The van der Waals surface area contributed by atoms with Crippen molar-refractivity contribution < 1.29 is 9.90 Å². The number of anilines is 2. The van der Waals surface area contributed by atoms with E-state index in [4.69, 9.17) is 0 Å². The molecule has 1 amide bonds. The normalized spacial score (nSPS) is 15.5. The van der Waals surface area contributed by atoms with E-state index in [1.165, 1.54) is 0 Å².